The molecule has 0 aliphatic heterocycles. The van der Waals surface area contributed by atoms with Gasteiger partial charge in [0.25, 0.3) is 5.97 Å². The molecule has 6 nitrogen and oxygen atoms in total. The van der Waals surface area contributed by atoms with Crippen molar-refractivity contribution < 1.29 is 94.5 Å². The second-order valence-corrected chi connectivity index (χ2v) is 1.22. The fourth-order valence-electron chi connectivity index (χ4n) is 0.160. The monoisotopic (exact) mass is 325 g/mol. The van der Waals surface area contributed by atoms with Crippen LogP contribution < -0.4 is 0 Å². The van der Waals surface area contributed by atoms with Crippen molar-refractivity contribution in [1.29, 1.82) is 0 Å². The number of hydrogen-bond acceptors (Lipinski definition) is 6. The number of rotatable bonds is 4. The third-order valence-electron chi connectivity index (χ3n) is 0.395. The molecule has 4 radical (unpaired) electrons. The van der Waals surface area contributed by atoms with Crippen molar-refractivity contribution in [2.75, 3.05) is 0 Å². The largest absolute Gasteiger partial charge is 0.600 e. The summed E-state index contributed by atoms with van der Waals surface area (Å²) in [5, 5.41) is 15.9. The zero-order valence-corrected chi connectivity index (χ0v) is 12.0. The first-order valence-corrected chi connectivity index (χ1v) is 2.30. The van der Waals surface area contributed by atoms with Crippen LogP contribution in [0.25, 0.3) is 0 Å². The summed E-state index contributed by atoms with van der Waals surface area (Å²) < 4.78 is 4.06. The zero-order valence-electron chi connectivity index (χ0n) is 6.34. The average molecular weight is 324 g/mol. The van der Waals surface area contributed by atoms with Gasteiger partial charge in [0.2, 0.25) is 0 Å². The minimum atomic E-state index is -2.05. The Balaban J connectivity index is -0.000000405. The van der Waals surface area contributed by atoms with E-state index in [0.29, 0.717) is 7.69 Å². The van der Waals surface area contributed by atoms with E-state index in [9.17, 15) is 4.79 Å². The summed E-state index contributed by atoms with van der Waals surface area (Å²) in [4.78, 5) is 17.5. The van der Waals surface area contributed by atoms with Crippen molar-refractivity contribution >= 4 is 21.0 Å². The Morgan fingerprint density at radius 2 is 1.92 bits per heavy atom. The van der Waals surface area contributed by atoms with E-state index >= 15 is 0 Å². The van der Waals surface area contributed by atoms with Crippen LogP contribution in [-0.4, -0.2) is 31.0 Å². The molecule has 0 bridgehead atoms. The summed E-state index contributed by atoms with van der Waals surface area (Å²) in [7, 11) is -1.52. The number of carbonyl (C=O) groups is 1. The van der Waals surface area contributed by atoms with Gasteiger partial charge in [-0.1, -0.05) is 0 Å². The molecule has 0 saturated heterocycles. The second kappa shape index (κ2) is 12.6. The smallest absolute Gasteiger partial charge is 0.580 e. The first-order chi connectivity index (χ1) is 4.63. The third-order valence-corrected chi connectivity index (χ3v) is 0.395. The van der Waals surface area contributed by atoms with Crippen molar-refractivity contribution in [2.24, 2.45) is 0 Å². The van der Waals surface area contributed by atoms with Crippen LogP contribution in [0, 0.1) is 0 Å². The van der Waals surface area contributed by atoms with Crippen molar-refractivity contribution in [1.82, 2.24) is 0 Å². The summed E-state index contributed by atoms with van der Waals surface area (Å²) in [6, 6.07) is 0. The van der Waals surface area contributed by atoms with Gasteiger partial charge in [-0.15, -0.1) is 0 Å². The maximum Gasteiger partial charge on any atom is 0.600 e. The van der Waals surface area contributed by atoms with E-state index in [1.165, 1.54) is 0 Å². The Morgan fingerprint density at radius 3 is 2.25 bits per heavy atom. The van der Waals surface area contributed by atoms with Gasteiger partial charge in [0.05, 0.1) is 0 Å². The number of carbonyl (C=O) groups excluding carboxylic acids is 1. The van der Waals surface area contributed by atoms with Crippen LogP contribution in [-0.2, 0) is 84.5 Å². The van der Waals surface area contributed by atoms with Crippen LogP contribution in [0.2, 0.25) is 0 Å². The van der Waals surface area contributed by atoms with Crippen molar-refractivity contribution in [3.63, 3.8) is 0 Å². The van der Waals surface area contributed by atoms with Crippen LogP contribution in [0.15, 0.2) is 0 Å². The van der Waals surface area contributed by atoms with Gasteiger partial charge in [-0.25, -0.2) is 0 Å². The molecule has 0 aromatic heterocycles. The molecular weight excluding hydrogens is 319 g/mol. The summed E-state index contributed by atoms with van der Waals surface area (Å²) >= 11 is 0. The fourth-order valence-corrected chi connectivity index (χ4v) is 0.160. The Hall–Kier alpha value is 1.65. The molecule has 0 heterocycles. The Kier molecular flexibility index (Phi) is 20.3. The SMILES string of the molecule is CC(=O)O[B]OO[B-](O)O.[Y].[Y]. The predicted molar refractivity (Wildman–Crippen MR) is 29.9 cm³/mol. The van der Waals surface area contributed by atoms with Crippen LogP contribution in [0.5, 0.6) is 0 Å². The van der Waals surface area contributed by atoms with Gasteiger partial charge in [-0.3, -0.25) is 9.60 Å². The summed E-state index contributed by atoms with van der Waals surface area (Å²) in [5.41, 5.74) is 0. The van der Waals surface area contributed by atoms with Crippen molar-refractivity contribution in [3.8, 4) is 0 Å². The molecule has 0 atom stereocenters. The summed E-state index contributed by atoms with van der Waals surface area (Å²) in [6.07, 6.45) is 0. The minimum Gasteiger partial charge on any atom is -0.580 e. The van der Waals surface area contributed by atoms with Crippen molar-refractivity contribution in [3.05, 3.63) is 0 Å². The molecule has 10 heteroatoms. The molecule has 0 aromatic rings. The normalized spacial score (nSPS) is 8.00. The molecular formula is C2H5B2O6Y2-. The maximum atomic E-state index is 9.97. The minimum absolute atomic E-state index is 0. The van der Waals surface area contributed by atoms with Crippen LogP contribution >= 0.6 is 0 Å². The van der Waals surface area contributed by atoms with E-state index in [2.05, 4.69) is 14.3 Å². The molecule has 0 unspecified atom stereocenters. The standard InChI is InChI=1S/C2H5B2O6.2Y/c1-2(5)8-3-9-10-4(6)7;;/h6-7H,1H3;;/q-1;;. The van der Waals surface area contributed by atoms with Gasteiger partial charge in [-0.2, -0.15) is 0 Å². The Bertz CT molecular complexity index is 112. The van der Waals surface area contributed by atoms with Gasteiger partial charge in [0.15, 0.2) is 0 Å². The van der Waals surface area contributed by atoms with Gasteiger partial charge in [0, 0.05) is 72.3 Å². The van der Waals surface area contributed by atoms with Gasteiger partial charge < -0.3 is 19.5 Å². The molecule has 0 aromatic carbocycles. The van der Waals surface area contributed by atoms with Gasteiger partial charge >= 0.3 is 15.0 Å². The Morgan fingerprint density at radius 1 is 1.42 bits per heavy atom. The van der Waals surface area contributed by atoms with Gasteiger partial charge in [-0.05, 0) is 0 Å². The van der Waals surface area contributed by atoms with E-state index in [1.807, 2.05) is 0 Å². The first-order valence-electron chi connectivity index (χ1n) is 2.30. The molecule has 0 aliphatic rings. The molecule has 0 fully saturated rings. The average Bonchev–Trinajstić information content (AvgIpc) is 1.79. The maximum absolute atomic E-state index is 9.97. The van der Waals surface area contributed by atoms with E-state index in [4.69, 9.17) is 10.0 Å². The molecule has 0 amide bonds. The zero-order chi connectivity index (χ0) is 7.98. The van der Waals surface area contributed by atoms with E-state index in [1.54, 1.807) is 0 Å². The van der Waals surface area contributed by atoms with Gasteiger partial charge in [0.1, 0.15) is 0 Å². The molecule has 0 saturated carbocycles. The second-order valence-electron chi connectivity index (χ2n) is 1.22. The topological polar surface area (TPSA) is 85.2 Å². The Labute approximate surface area is 121 Å². The fraction of sp³-hybridized carbons (Fsp3) is 0.500. The van der Waals surface area contributed by atoms with Crippen LogP contribution in [0.1, 0.15) is 6.92 Å². The van der Waals surface area contributed by atoms with Crippen LogP contribution in [0.4, 0.5) is 0 Å². The summed E-state index contributed by atoms with van der Waals surface area (Å²) in [6.45, 7) is 1.15. The molecule has 62 valence electrons. The summed E-state index contributed by atoms with van der Waals surface area (Å²) in [5.74, 6) is -0.601. The molecule has 12 heavy (non-hydrogen) atoms. The molecule has 0 aliphatic carbocycles. The quantitative estimate of drug-likeness (QED) is 0.269. The number of hydrogen-bond donors (Lipinski definition) is 2. The van der Waals surface area contributed by atoms with E-state index in [0.717, 1.165) is 6.92 Å². The van der Waals surface area contributed by atoms with Crippen LogP contribution in [0.3, 0.4) is 0 Å². The molecule has 0 rings (SSSR count). The van der Waals surface area contributed by atoms with E-state index < -0.39 is 13.3 Å². The molecule has 0 spiro atoms. The first kappa shape index (κ1) is 19.3. The third kappa shape index (κ3) is 17.7. The molecule has 2 N–H and O–H groups in total. The predicted octanol–water partition coefficient (Wildman–Crippen LogP) is -2.00. The van der Waals surface area contributed by atoms with E-state index in [-0.39, 0.29) is 65.4 Å². The van der Waals surface area contributed by atoms with Crippen molar-refractivity contribution in [2.45, 2.75) is 6.92 Å².